The minimum Gasteiger partial charge on any atom is -0.322 e. The van der Waals surface area contributed by atoms with E-state index in [0.717, 1.165) is 44.0 Å². The Labute approximate surface area is 158 Å². The molecule has 3 rings (SSSR count). The molecule has 1 aromatic carbocycles. The standard InChI is InChI=1S/C22H32N4/c1-7-9-23-26-11-10-25(20-16(4)12-15(3)13-17(20)5)22-21(26)19(8-2)14-18(6)24-22/h12-14,23H,7-11H2,1-6H3. The van der Waals surface area contributed by atoms with Gasteiger partial charge in [-0.05, 0) is 63.3 Å². The average molecular weight is 353 g/mol. The molecule has 0 spiro atoms. The van der Waals surface area contributed by atoms with Crippen molar-refractivity contribution in [2.75, 3.05) is 29.5 Å². The van der Waals surface area contributed by atoms with Crippen LogP contribution < -0.4 is 15.3 Å². The molecule has 0 radical (unpaired) electrons. The van der Waals surface area contributed by atoms with Crippen LogP contribution in [0.3, 0.4) is 0 Å². The molecule has 0 aliphatic carbocycles. The first-order valence-electron chi connectivity index (χ1n) is 9.83. The molecular weight excluding hydrogens is 320 g/mol. The monoisotopic (exact) mass is 352 g/mol. The highest BCUT2D eigenvalue weighted by molar-refractivity contribution is 5.81. The molecule has 4 nitrogen and oxygen atoms in total. The second-order valence-corrected chi connectivity index (χ2v) is 7.41. The lowest BCUT2D eigenvalue weighted by molar-refractivity contribution is 0.596. The highest BCUT2D eigenvalue weighted by Crippen LogP contribution is 2.41. The number of rotatable bonds is 5. The minimum absolute atomic E-state index is 0.939. The minimum atomic E-state index is 0.939. The third-order valence-electron chi connectivity index (χ3n) is 5.09. The topological polar surface area (TPSA) is 31.4 Å². The summed E-state index contributed by atoms with van der Waals surface area (Å²) in [5.74, 6) is 1.09. The Hall–Kier alpha value is -2.07. The van der Waals surface area contributed by atoms with Crippen molar-refractivity contribution in [3.05, 3.63) is 46.1 Å². The Morgan fingerprint density at radius 1 is 0.962 bits per heavy atom. The molecule has 2 aromatic rings. The molecule has 4 heteroatoms. The Morgan fingerprint density at radius 2 is 1.65 bits per heavy atom. The van der Waals surface area contributed by atoms with Gasteiger partial charge in [-0.15, -0.1) is 0 Å². The van der Waals surface area contributed by atoms with Crippen molar-refractivity contribution in [3.63, 3.8) is 0 Å². The molecule has 2 heterocycles. The van der Waals surface area contributed by atoms with E-state index in [1.54, 1.807) is 0 Å². The van der Waals surface area contributed by atoms with Crippen LogP contribution in [0.5, 0.6) is 0 Å². The van der Waals surface area contributed by atoms with E-state index in [4.69, 9.17) is 4.98 Å². The third-order valence-corrected chi connectivity index (χ3v) is 5.09. The normalized spacial score (nSPS) is 13.9. The SMILES string of the molecule is CCCNN1CCN(c2c(C)cc(C)cc2C)c2nc(C)cc(CC)c21. The van der Waals surface area contributed by atoms with Gasteiger partial charge in [0.05, 0.1) is 12.2 Å². The summed E-state index contributed by atoms with van der Waals surface area (Å²) in [6.45, 7) is 16.0. The zero-order valence-electron chi connectivity index (χ0n) is 17.1. The second-order valence-electron chi connectivity index (χ2n) is 7.41. The Balaban J connectivity index is 2.15. The summed E-state index contributed by atoms with van der Waals surface area (Å²) in [5.41, 5.74) is 12.6. The number of hydrazine groups is 1. The first-order chi connectivity index (χ1) is 12.5. The van der Waals surface area contributed by atoms with Gasteiger partial charge < -0.3 is 9.91 Å². The van der Waals surface area contributed by atoms with Gasteiger partial charge in [-0.25, -0.2) is 10.4 Å². The van der Waals surface area contributed by atoms with E-state index < -0.39 is 0 Å². The third kappa shape index (κ3) is 3.43. The maximum Gasteiger partial charge on any atom is 0.158 e. The summed E-state index contributed by atoms with van der Waals surface area (Å²) in [5, 5.41) is 2.32. The predicted octanol–water partition coefficient (Wildman–Crippen LogP) is 4.75. The van der Waals surface area contributed by atoms with Crippen LogP contribution in [-0.4, -0.2) is 24.6 Å². The van der Waals surface area contributed by atoms with Crippen LogP contribution in [0.15, 0.2) is 18.2 Å². The molecule has 0 fully saturated rings. The van der Waals surface area contributed by atoms with Crippen LogP contribution in [0.1, 0.15) is 48.2 Å². The first-order valence-corrected chi connectivity index (χ1v) is 9.83. The maximum atomic E-state index is 4.99. The van der Waals surface area contributed by atoms with Gasteiger partial charge >= 0.3 is 0 Å². The van der Waals surface area contributed by atoms with Crippen molar-refractivity contribution < 1.29 is 0 Å². The number of hydrogen-bond donors (Lipinski definition) is 1. The van der Waals surface area contributed by atoms with E-state index >= 15 is 0 Å². The fraction of sp³-hybridized carbons (Fsp3) is 0.500. The van der Waals surface area contributed by atoms with Crippen molar-refractivity contribution in [1.29, 1.82) is 0 Å². The van der Waals surface area contributed by atoms with E-state index in [2.05, 4.69) is 75.1 Å². The van der Waals surface area contributed by atoms with Gasteiger partial charge in [0.15, 0.2) is 5.82 Å². The van der Waals surface area contributed by atoms with E-state index in [9.17, 15) is 0 Å². The van der Waals surface area contributed by atoms with Crippen molar-refractivity contribution in [1.82, 2.24) is 10.4 Å². The van der Waals surface area contributed by atoms with Crippen LogP contribution in [0.2, 0.25) is 0 Å². The van der Waals surface area contributed by atoms with Gasteiger partial charge in [0.1, 0.15) is 0 Å². The van der Waals surface area contributed by atoms with Crippen LogP contribution in [-0.2, 0) is 6.42 Å². The zero-order chi connectivity index (χ0) is 18.8. The number of fused-ring (bicyclic) bond motifs is 1. The molecule has 1 N–H and O–H groups in total. The van der Waals surface area contributed by atoms with Crippen LogP contribution in [0.4, 0.5) is 17.2 Å². The summed E-state index contributed by atoms with van der Waals surface area (Å²) in [6.07, 6.45) is 2.13. The molecule has 1 aliphatic rings. The van der Waals surface area contributed by atoms with Crippen LogP contribution >= 0.6 is 0 Å². The lowest BCUT2D eigenvalue weighted by Gasteiger charge is -2.40. The number of benzene rings is 1. The van der Waals surface area contributed by atoms with E-state index in [1.165, 1.54) is 33.6 Å². The van der Waals surface area contributed by atoms with E-state index in [1.807, 2.05) is 0 Å². The number of nitrogens with one attached hydrogen (secondary N) is 1. The highest BCUT2D eigenvalue weighted by Gasteiger charge is 2.29. The largest absolute Gasteiger partial charge is 0.322 e. The lowest BCUT2D eigenvalue weighted by atomic mass is 10.0. The quantitative estimate of drug-likeness (QED) is 0.841. The molecule has 0 bridgehead atoms. The molecule has 0 atom stereocenters. The summed E-state index contributed by atoms with van der Waals surface area (Å²) in [6, 6.07) is 6.79. The summed E-state index contributed by atoms with van der Waals surface area (Å²) < 4.78 is 0. The molecule has 0 saturated carbocycles. The number of aromatic nitrogens is 1. The molecule has 1 aromatic heterocycles. The van der Waals surface area contributed by atoms with Crippen molar-refractivity contribution in [3.8, 4) is 0 Å². The van der Waals surface area contributed by atoms with Gasteiger partial charge in [-0.1, -0.05) is 31.5 Å². The van der Waals surface area contributed by atoms with Crippen LogP contribution in [0, 0.1) is 27.7 Å². The van der Waals surface area contributed by atoms with Crippen molar-refractivity contribution in [2.45, 2.75) is 54.4 Å². The lowest BCUT2D eigenvalue weighted by Crippen LogP contribution is -2.48. The van der Waals surface area contributed by atoms with Gasteiger partial charge in [-0.3, -0.25) is 0 Å². The Morgan fingerprint density at radius 3 is 2.27 bits per heavy atom. The molecule has 0 amide bonds. The maximum absolute atomic E-state index is 4.99. The predicted molar refractivity (Wildman–Crippen MR) is 112 cm³/mol. The van der Waals surface area contributed by atoms with E-state index in [0.29, 0.717) is 0 Å². The number of hydrogen-bond acceptors (Lipinski definition) is 4. The molecular formula is C22H32N4. The number of aryl methyl sites for hydroxylation is 5. The smallest absolute Gasteiger partial charge is 0.158 e. The molecule has 0 unspecified atom stereocenters. The van der Waals surface area contributed by atoms with Crippen LogP contribution in [0.25, 0.3) is 0 Å². The second kappa shape index (κ2) is 7.67. The van der Waals surface area contributed by atoms with Crippen molar-refractivity contribution in [2.24, 2.45) is 0 Å². The van der Waals surface area contributed by atoms with E-state index in [-0.39, 0.29) is 0 Å². The number of nitrogens with zero attached hydrogens (tertiary/aromatic N) is 3. The molecule has 140 valence electrons. The molecule has 1 aliphatic heterocycles. The van der Waals surface area contributed by atoms with Gasteiger partial charge in [-0.2, -0.15) is 0 Å². The molecule has 0 saturated heterocycles. The van der Waals surface area contributed by atoms with Gasteiger partial charge in [0.2, 0.25) is 0 Å². The fourth-order valence-electron chi connectivity index (χ4n) is 4.11. The zero-order valence-corrected chi connectivity index (χ0v) is 17.1. The Kier molecular flexibility index (Phi) is 5.52. The van der Waals surface area contributed by atoms with Crippen molar-refractivity contribution >= 4 is 17.2 Å². The summed E-state index contributed by atoms with van der Waals surface area (Å²) in [7, 11) is 0. The number of pyridine rings is 1. The highest BCUT2D eigenvalue weighted by atomic mass is 15.5. The fourth-order valence-corrected chi connectivity index (χ4v) is 4.11. The number of anilines is 3. The Bertz CT molecular complexity index is 774. The summed E-state index contributed by atoms with van der Waals surface area (Å²) in [4.78, 5) is 7.41. The van der Waals surface area contributed by atoms with Gasteiger partial charge in [0, 0.05) is 24.5 Å². The molecule has 26 heavy (non-hydrogen) atoms. The summed E-state index contributed by atoms with van der Waals surface area (Å²) >= 11 is 0. The average Bonchev–Trinajstić information content (AvgIpc) is 2.59. The van der Waals surface area contributed by atoms with Gasteiger partial charge in [0.25, 0.3) is 0 Å². The first kappa shape index (κ1) is 18.7.